The van der Waals surface area contributed by atoms with Crippen molar-refractivity contribution < 1.29 is 14.6 Å². The minimum Gasteiger partial charge on any atom is -0.493 e. The van der Waals surface area contributed by atoms with Gasteiger partial charge in [-0.3, -0.25) is 0 Å². The fraction of sp³-hybridized carbons (Fsp3) is 0.571. The molecule has 0 aliphatic heterocycles. The molecule has 0 spiro atoms. The third-order valence-electron chi connectivity index (χ3n) is 3.50. The smallest absolute Gasteiger partial charge is 0.161 e. The standard InChI is InChI=1S/C14H21NO3/c1-17-13-7-6-10(8-14(13)18-2)9-15-11-4-3-5-12(11)16/h6-8,11-12,15-16H,3-5,9H2,1-2H3/t11-,12-/m0/s1. The highest BCUT2D eigenvalue weighted by Crippen LogP contribution is 2.27. The Kier molecular flexibility index (Phi) is 4.44. The monoisotopic (exact) mass is 251 g/mol. The van der Waals surface area contributed by atoms with Crippen LogP contribution >= 0.6 is 0 Å². The summed E-state index contributed by atoms with van der Waals surface area (Å²) >= 11 is 0. The van der Waals surface area contributed by atoms with Crippen LogP contribution in [-0.4, -0.2) is 31.5 Å². The quantitative estimate of drug-likeness (QED) is 0.836. The molecule has 1 aliphatic carbocycles. The number of methoxy groups -OCH3 is 2. The summed E-state index contributed by atoms with van der Waals surface area (Å²) in [4.78, 5) is 0. The summed E-state index contributed by atoms with van der Waals surface area (Å²) in [7, 11) is 3.26. The average molecular weight is 251 g/mol. The third-order valence-corrected chi connectivity index (χ3v) is 3.50. The van der Waals surface area contributed by atoms with Crippen molar-refractivity contribution >= 4 is 0 Å². The number of nitrogens with one attached hydrogen (secondary N) is 1. The van der Waals surface area contributed by atoms with Crippen molar-refractivity contribution in [3.8, 4) is 11.5 Å². The van der Waals surface area contributed by atoms with Crippen LogP contribution in [0.5, 0.6) is 11.5 Å². The van der Waals surface area contributed by atoms with Crippen molar-refractivity contribution in [2.75, 3.05) is 14.2 Å². The number of hydrogen-bond acceptors (Lipinski definition) is 4. The molecule has 18 heavy (non-hydrogen) atoms. The highest BCUT2D eigenvalue weighted by atomic mass is 16.5. The summed E-state index contributed by atoms with van der Waals surface area (Å²) in [5, 5.41) is 13.1. The lowest BCUT2D eigenvalue weighted by Gasteiger charge is -2.17. The Morgan fingerprint density at radius 3 is 2.61 bits per heavy atom. The number of hydrogen-bond donors (Lipinski definition) is 2. The van der Waals surface area contributed by atoms with Crippen LogP contribution in [0.1, 0.15) is 24.8 Å². The van der Waals surface area contributed by atoms with Crippen LogP contribution in [0, 0.1) is 0 Å². The summed E-state index contributed by atoms with van der Waals surface area (Å²) in [5.41, 5.74) is 1.13. The maximum absolute atomic E-state index is 9.74. The molecule has 2 N–H and O–H groups in total. The molecule has 4 nitrogen and oxygen atoms in total. The van der Waals surface area contributed by atoms with Crippen LogP contribution < -0.4 is 14.8 Å². The van der Waals surface area contributed by atoms with E-state index in [1.165, 1.54) is 0 Å². The lowest BCUT2D eigenvalue weighted by Crippen LogP contribution is -2.35. The van der Waals surface area contributed by atoms with E-state index in [9.17, 15) is 5.11 Å². The summed E-state index contributed by atoms with van der Waals surface area (Å²) in [6, 6.07) is 6.10. The number of rotatable bonds is 5. The maximum atomic E-state index is 9.74. The highest BCUT2D eigenvalue weighted by Gasteiger charge is 2.24. The van der Waals surface area contributed by atoms with Crippen LogP contribution in [0.15, 0.2) is 18.2 Å². The van der Waals surface area contributed by atoms with Crippen LogP contribution in [0.3, 0.4) is 0 Å². The first-order chi connectivity index (χ1) is 8.74. The number of aliphatic hydroxyl groups excluding tert-OH is 1. The number of ether oxygens (including phenoxy) is 2. The molecule has 2 atom stereocenters. The van der Waals surface area contributed by atoms with Crippen LogP contribution in [0.2, 0.25) is 0 Å². The van der Waals surface area contributed by atoms with Crippen molar-refractivity contribution in [3.05, 3.63) is 23.8 Å². The van der Waals surface area contributed by atoms with Gasteiger partial charge in [0.25, 0.3) is 0 Å². The molecule has 2 rings (SSSR count). The van der Waals surface area contributed by atoms with Gasteiger partial charge in [-0.05, 0) is 37.0 Å². The highest BCUT2D eigenvalue weighted by molar-refractivity contribution is 5.42. The molecule has 0 unspecified atom stereocenters. The van der Waals surface area contributed by atoms with Gasteiger partial charge in [-0.15, -0.1) is 0 Å². The molecule has 0 bridgehead atoms. The molecule has 0 amide bonds. The van der Waals surface area contributed by atoms with Crippen LogP contribution in [0.4, 0.5) is 0 Å². The van der Waals surface area contributed by atoms with Crippen molar-refractivity contribution in [2.45, 2.75) is 38.0 Å². The van der Waals surface area contributed by atoms with Gasteiger partial charge in [-0.2, -0.15) is 0 Å². The topological polar surface area (TPSA) is 50.7 Å². The van der Waals surface area contributed by atoms with E-state index < -0.39 is 0 Å². The largest absolute Gasteiger partial charge is 0.493 e. The molecule has 0 radical (unpaired) electrons. The Morgan fingerprint density at radius 2 is 2.00 bits per heavy atom. The lowest BCUT2D eigenvalue weighted by molar-refractivity contribution is 0.148. The van der Waals surface area contributed by atoms with Gasteiger partial charge in [0.1, 0.15) is 0 Å². The first kappa shape index (κ1) is 13.2. The van der Waals surface area contributed by atoms with Gasteiger partial charge in [0.05, 0.1) is 20.3 Å². The molecule has 0 saturated heterocycles. The van der Waals surface area contributed by atoms with E-state index in [1.54, 1.807) is 14.2 Å². The summed E-state index contributed by atoms with van der Waals surface area (Å²) < 4.78 is 10.5. The maximum Gasteiger partial charge on any atom is 0.161 e. The second-order valence-corrected chi connectivity index (χ2v) is 4.67. The molecule has 1 aromatic rings. The van der Waals surface area contributed by atoms with Gasteiger partial charge in [0.15, 0.2) is 11.5 Å². The molecular weight excluding hydrogens is 230 g/mol. The molecule has 4 heteroatoms. The predicted molar refractivity (Wildman–Crippen MR) is 70.0 cm³/mol. The minimum atomic E-state index is -0.204. The Labute approximate surface area is 108 Å². The van der Waals surface area contributed by atoms with Gasteiger partial charge in [0.2, 0.25) is 0 Å². The third kappa shape index (κ3) is 2.94. The van der Waals surface area contributed by atoms with Gasteiger partial charge >= 0.3 is 0 Å². The molecule has 1 aromatic carbocycles. The van der Waals surface area contributed by atoms with E-state index in [0.29, 0.717) is 0 Å². The molecular formula is C14H21NO3. The number of aliphatic hydroxyl groups is 1. The molecule has 1 aliphatic rings. The Morgan fingerprint density at radius 1 is 1.22 bits per heavy atom. The fourth-order valence-electron chi connectivity index (χ4n) is 2.42. The van der Waals surface area contributed by atoms with E-state index in [2.05, 4.69) is 5.32 Å². The van der Waals surface area contributed by atoms with E-state index in [-0.39, 0.29) is 12.1 Å². The van der Waals surface area contributed by atoms with E-state index in [0.717, 1.165) is 42.9 Å². The average Bonchev–Trinajstić information content (AvgIpc) is 2.81. The van der Waals surface area contributed by atoms with Crippen LogP contribution in [-0.2, 0) is 6.54 Å². The summed E-state index contributed by atoms with van der Waals surface area (Å²) in [5.74, 6) is 1.48. The van der Waals surface area contributed by atoms with Gasteiger partial charge < -0.3 is 19.9 Å². The van der Waals surface area contributed by atoms with Crippen LogP contribution in [0.25, 0.3) is 0 Å². The Hall–Kier alpha value is -1.26. The first-order valence-corrected chi connectivity index (χ1v) is 6.37. The van der Waals surface area contributed by atoms with Gasteiger partial charge in [0, 0.05) is 12.6 Å². The van der Waals surface area contributed by atoms with E-state index in [4.69, 9.17) is 9.47 Å². The molecule has 1 fully saturated rings. The second-order valence-electron chi connectivity index (χ2n) is 4.67. The van der Waals surface area contributed by atoms with Gasteiger partial charge in [-0.1, -0.05) is 6.07 Å². The van der Waals surface area contributed by atoms with Crippen molar-refractivity contribution in [3.63, 3.8) is 0 Å². The lowest BCUT2D eigenvalue weighted by atomic mass is 10.1. The molecule has 0 aromatic heterocycles. The minimum absolute atomic E-state index is 0.204. The number of benzene rings is 1. The van der Waals surface area contributed by atoms with Crippen molar-refractivity contribution in [1.29, 1.82) is 0 Å². The SMILES string of the molecule is COc1ccc(CN[C@H]2CCC[C@@H]2O)cc1OC. The molecule has 0 heterocycles. The first-order valence-electron chi connectivity index (χ1n) is 6.37. The van der Waals surface area contributed by atoms with E-state index in [1.807, 2.05) is 18.2 Å². The van der Waals surface area contributed by atoms with Gasteiger partial charge in [-0.25, -0.2) is 0 Å². The second kappa shape index (κ2) is 6.07. The summed E-state index contributed by atoms with van der Waals surface area (Å²) in [6.07, 6.45) is 2.85. The zero-order chi connectivity index (χ0) is 13.0. The summed E-state index contributed by atoms with van der Waals surface area (Å²) in [6.45, 7) is 0.738. The predicted octanol–water partition coefficient (Wildman–Crippen LogP) is 1.71. The normalized spacial score (nSPS) is 23.1. The Balaban J connectivity index is 1.97. The fourth-order valence-corrected chi connectivity index (χ4v) is 2.42. The zero-order valence-electron chi connectivity index (χ0n) is 11.0. The van der Waals surface area contributed by atoms with Crippen molar-refractivity contribution in [1.82, 2.24) is 5.32 Å². The van der Waals surface area contributed by atoms with Crippen molar-refractivity contribution in [2.24, 2.45) is 0 Å². The zero-order valence-corrected chi connectivity index (χ0v) is 11.0. The molecule has 1 saturated carbocycles. The van der Waals surface area contributed by atoms with E-state index >= 15 is 0 Å². The Bertz CT molecular complexity index is 395. The molecule has 100 valence electrons.